The van der Waals surface area contributed by atoms with Gasteiger partial charge in [0.05, 0.1) is 7.85 Å². The van der Waals surface area contributed by atoms with Crippen LogP contribution in [0, 0.1) is 0 Å². The summed E-state index contributed by atoms with van der Waals surface area (Å²) in [5, 5.41) is -0.303. The Morgan fingerprint density at radius 3 is 1.94 bits per heavy atom. The molecule has 0 spiro atoms. The Balaban J connectivity index is 2.39. The predicted octanol–water partition coefficient (Wildman–Crippen LogP) is 4.26. The number of hydrogen-bond acceptors (Lipinski definition) is 0. The summed E-state index contributed by atoms with van der Waals surface area (Å²) in [7, 11) is 6.69. The van der Waals surface area contributed by atoms with Gasteiger partial charge in [0.1, 0.15) is 0 Å². The summed E-state index contributed by atoms with van der Waals surface area (Å²) in [6.45, 7) is 4.37. The first-order chi connectivity index (χ1) is 8.68. The molecule has 2 aromatic carbocycles. The summed E-state index contributed by atoms with van der Waals surface area (Å²) in [4.78, 5) is 0. The molecule has 0 saturated carbocycles. The highest BCUT2D eigenvalue weighted by Crippen LogP contribution is 2.38. The third kappa shape index (κ3) is 2.36. The van der Waals surface area contributed by atoms with Crippen LogP contribution in [0.25, 0.3) is 0 Å². The van der Waals surface area contributed by atoms with E-state index in [0.717, 1.165) is 6.42 Å². The van der Waals surface area contributed by atoms with E-state index in [4.69, 9.17) is 7.85 Å². The van der Waals surface area contributed by atoms with Crippen molar-refractivity contribution >= 4 is 7.85 Å². The summed E-state index contributed by atoms with van der Waals surface area (Å²) in [5.41, 5.74) is 2.51. The van der Waals surface area contributed by atoms with Crippen LogP contribution in [0.4, 0.5) is 0 Å². The van der Waals surface area contributed by atoms with Crippen LogP contribution in [-0.2, 0) is 5.31 Å². The van der Waals surface area contributed by atoms with Gasteiger partial charge in [-0.05, 0) is 22.4 Å². The van der Waals surface area contributed by atoms with Crippen LogP contribution >= 0.6 is 0 Å². The van der Waals surface area contributed by atoms with Crippen LogP contribution in [0.1, 0.15) is 37.3 Å². The molecule has 90 valence electrons. The predicted molar refractivity (Wildman–Crippen MR) is 79.0 cm³/mol. The maximum Gasteiger partial charge on any atom is 0.0818 e. The Morgan fingerprint density at radius 1 is 0.944 bits per heavy atom. The van der Waals surface area contributed by atoms with E-state index < -0.39 is 0 Å². The molecule has 0 aliphatic carbocycles. The topological polar surface area (TPSA) is 0 Å². The molecule has 0 bridgehead atoms. The molecule has 1 heteroatoms. The van der Waals surface area contributed by atoms with Crippen molar-refractivity contribution in [2.75, 3.05) is 0 Å². The van der Waals surface area contributed by atoms with Gasteiger partial charge in [-0.25, -0.2) is 0 Å². The molecule has 2 atom stereocenters. The summed E-state index contributed by atoms with van der Waals surface area (Å²) < 4.78 is 0. The van der Waals surface area contributed by atoms with Crippen LogP contribution in [-0.4, -0.2) is 7.85 Å². The molecule has 2 rings (SSSR count). The number of benzene rings is 2. The lowest BCUT2D eigenvalue weighted by Crippen LogP contribution is -2.32. The number of rotatable bonds is 4. The standard InChI is InChI=1S/C17H19B/c1-3-17(18,16-12-8-5-9-13-16)14(2)15-10-6-4-7-11-15/h4-14H,3H2,1-2H3/t14-,17+/m0/s1. The molecule has 0 saturated heterocycles. The van der Waals surface area contributed by atoms with Crippen LogP contribution in [0.2, 0.25) is 0 Å². The van der Waals surface area contributed by atoms with Crippen LogP contribution in [0.5, 0.6) is 0 Å². The van der Waals surface area contributed by atoms with Crippen LogP contribution in [0.3, 0.4) is 0 Å². The fourth-order valence-corrected chi connectivity index (χ4v) is 2.55. The van der Waals surface area contributed by atoms with Crippen molar-refractivity contribution in [3.05, 3.63) is 71.8 Å². The maximum atomic E-state index is 6.69. The second kappa shape index (κ2) is 5.43. The fraction of sp³-hybridized carbons (Fsp3) is 0.294. The first-order valence-electron chi connectivity index (χ1n) is 6.58. The van der Waals surface area contributed by atoms with Gasteiger partial charge in [0.2, 0.25) is 0 Å². The van der Waals surface area contributed by atoms with Crippen molar-refractivity contribution in [2.45, 2.75) is 31.5 Å². The first kappa shape index (κ1) is 12.9. The Bertz CT molecular complexity index is 477. The third-order valence-corrected chi connectivity index (χ3v) is 3.97. The first-order valence-corrected chi connectivity index (χ1v) is 6.58. The highest BCUT2D eigenvalue weighted by atomic mass is 14.3. The zero-order chi connectivity index (χ0) is 13.0. The molecule has 2 radical (unpaired) electrons. The van der Waals surface area contributed by atoms with Gasteiger partial charge in [-0.3, -0.25) is 0 Å². The quantitative estimate of drug-likeness (QED) is 0.693. The van der Waals surface area contributed by atoms with Gasteiger partial charge in [-0.2, -0.15) is 0 Å². The highest BCUT2D eigenvalue weighted by Gasteiger charge is 2.31. The SMILES string of the molecule is [B][C@@](CC)(c1ccccc1)[C@@H](C)c1ccccc1. The fourth-order valence-electron chi connectivity index (χ4n) is 2.55. The molecular weight excluding hydrogens is 215 g/mol. The molecule has 0 nitrogen and oxygen atoms in total. The molecule has 0 heterocycles. The van der Waals surface area contributed by atoms with E-state index in [-0.39, 0.29) is 5.31 Å². The Morgan fingerprint density at radius 2 is 1.44 bits per heavy atom. The summed E-state index contributed by atoms with van der Waals surface area (Å²) in [6, 6.07) is 20.9. The van der Waals surface area contributed by atoms with E-state index in [1.54, 1.807) is 0 Å². The summed E-state index contributed by atoms with van der Waals surface area (Å²) in [5.74, 6) is 0.297. The van der Waals surface area contributed by atoms with E-state index in [1.807, 2.05) is 12.1 Å². The van der Waals surface area contributed by atoms with Crippen molar-refractivity contribution in [3.8, 4) is 0 Å². The Kier molecular flexibility index (Phi) is 3.91. The van der Waals surface area contributed by atoms with Gasteiger partial charge in [-0.15, -0.1) is 0 Å². The monoisotopic (exact) mass is 234 g/mol. The minimum atomic E-state index is -0.303. The Labute approximate surface area is 111 Å². The van der Waals surface area contributed by atoms with Gasteiger partial charge in [-0.1, -0.05) is 80.9 Å². The van der Waals surface area contributed by atoms with Gasteiger partial charge < -0.3 is 0 Å². The summed E-state index contributed by atoms with van der Waals surface area (Å²) in [6.07, 6.45) is 0.924. The zero-order valence-electron chi connectivity index (χ0n) is 11.1. The molecule has 0 N–H and O–H groups in total. The smallest absolute Gasteiger partial charge is 0.0652 e. The van der Waals surface area contributed by atoms with E-state index in [0.29, 0.717) is 5.92 Å². The van der Waals surface area contributed by atoms with Crippen molar-refractivity contribution in [1.82, 2.24) is 0 Å². The largest absolute Gasteiger partial charge is 0.0818 e. The second-order valence-electron chi connectivity index (χ2n) is 4.89. The lowest BCUT2D eigenvalue weighted by atomic mass is 9.54. The van der Waals surface area contributed by atoms with Gasteiger partial charge in [0.15, 0.2) is 0 Å². The normalized spacial score (nSPS) is 15.9. The second-order valence-corrected chi connectivity index (χ2v) is 4.89. The van der Waals surface area contributed by atoms with Crippen LogP contribution < -0.4 is 0 Å². The van der Waals surface area contributed by atoms with Gasteiger partial charge >= 0.3 is 0 Å². The molecule has 0 aliphatic rings. The minimum absolute atomic E-state index is 0.297. The molecular formula is C17H19B. The number of hydrogen-bond donors (Lipinski definition) is 0. The van der Waals surface area contributed by atoms with Crippen molar-refractivity contribution in [2.24, 2.45) is 0 Å². The van der Waals surface area contributed by atoms with Crippen molar-refractivity contribution in [3.63, 3.8) is 0 Å². The average Bonchev–Trinajstić information content (AvgIpc) is 2.47. The van der Waals surface area contributed by atoms with Crippen molar-refractivity contribution in [1.29, 1.82) is 0 Å². The van der Waals surface area contributed by atoms with Gasteiger partial charge in [0, 0.05) is 0 Å². The Hall–Kier alpha value is -1.50. The molecule has 0 aromatic heterocycles. The lowest BCUT2D eigenvalue weighted by Gasteiger charge is -2.36. The van der Waals surface area contributed by atoms with E-state index in [9.17, 15) is 0 Å². The van der Waals surface area contributed by atoms with Crippen molar-refractivity contribution < 1.29 is 0 Å². The molecule has 0 fully saturated rings. The zero-order valence-corrected chi connectivity index (χ0v) is 11.1. The van der Waals surface area contributed by atoms with Gasteiger partial charge in [0.25, 0.3) is 0 Å². The van der Waals surface area contributed by atoms with Crippen LogP contribution in [0.15, 0.2) is 60.7 Å². The molecule has 2 aromatic rings. The molecule has 0 aliphatic heterocycles. The maximum absolute atomic E-state index is 6.69. The highest BCUT2D eigenvalue weighted by molar-refractivity contribution is 6.16. The molecule has 0 amide bonds. The average molecular weight is 234 g/mol. The molecule has 18 heavy (non-hydrogen) atoms. The van der Waals surface area contributed by atoms with E-state index in [2.05, 4.69) is 62.4 Å². The molecule has 0 unspecified atom stereocenters. The van der Waals surface area contributed by atoms with E-state index in [1.165, 1.54) is 11.1 Å². The van der Waals surface area contributed by atoms with E-state index >= 15 is 0 Å². The summed E-state index contributed by atoms with van der Waals surface area (Å²) >= 11 is 0. The third-order valence-electron chi connectivity index (χ3n) is 3.97. The lowest BCUT2D eigenvalue weighted by molar-refractivity contribution is 0.491. The minimum Gasteiger partial charge on any atom is -0.0652 e.